The number of rotatable bonds is 2. The van der Waals surface area contributed by atoms with Crippen LogP contribution >= 0.6 is 0 Å². The highest BCUT2D eigenvalue weighted by molar-refractivity contribution is 5.69. The van der Waals surface area contributed by atoms with Crippen LogP contribution in [0.2, 0.25) is 0 Å². The van der Waals surface area contributed by atoms with Crippen LogP contribution in [0.15, 0.2) is 36.8 Å². The molecule has 0 radical (unpaired) electrons. The molecule has 2 rings (SSSR count). The maximum atomic E-state index is 5.73. The van der Waals surface area contributed by atoms with Crippen LogP contribution in [0.25, 0.3) is 0 Å². The summed E-state index contributed by atoms with van der Waals surface area (Å²) in [4.78, 5) is 7.90. The van der Waals surface area contributed by atoms with Crippen molar-refractivity contribution in [2.75, 3.05) is 11.1 Å². The van der Waals surface area contributed by atoms with Crippen LogP contribution in [0.4, 0.5) is 17.2 Å². The molecule has 1 heterocycles. The number of nitrogens with zero attached hydrogens (tertiary/aromatic N) is 2. The van der Waals surface area contributed by atoms with Gasteiger partial charge in [-0.05, 0) is 18.6 Å². The lowest BCUT2D eigenvalue weighted by molar-refractivity contribution is 1.17. The fourth-order valence-electron chi connectivity index (χ4n) is 1.29. The number of benzene rings is 1. The minimum Gasteiger partial charge on any atom is -0.394 e. The van der Waals surface area contributed by atoms with Crippen LogP contribution < -0.4 is 11.1 Å². The molecule has 0 atom stereocenters. The van der Waals surface area contributed by atoms with Crippen LogP contribution in [0, 0.1) is 6.92 Å². The van der Waals surface area contributed by atoms with E-state index >= 15 is 0 Å². The lowest BCUT2D eigenvalue weighted by Gasteiger charge is -2.09. The number of nitrogens with one attached hydrogen (secondary N) is 1. The topological polar surface area (TPSA) is 63.8 Å². The molecule has 0 amide bonds. The number of aromatic nitrogens is 2. The van der Waals surface area contributed by atoms with E-state index in [1.54, 1.807) is 6.20 Å². The van der Waals surface area contributed by atoms with Crippen molar-refractivity contribution in [3.63, 3.8) is 0 Å². The van der Waals surface area contributed by atoms with Crippen molar-refractivity contribution < 1.29 is 0 Å². The van der Waals surface area contributed by atoms with E-state index in [0.717, 1.165) is 11.3 Å². The van der Waals surface area contributed by atoms with E-state index in [2.05, 4.69) is 15.3 Å². The largest absolute Gasteiger partial charge is 0.394 e. The van der Waals surface area contributed by atoms with Crippen molar-refractivity contribution in [1.29, 1.82) is 0 Å². The predicted octanol–water partition coefficient (Wildman–Crippen LogP) is 2.11. The lowest BCUT2D eigenvalue weighted by Crippen LogP contribution is -2.00. The first-order valence-corrected chi connectivity index (χ1v) is 4.65. The molecule has 0 aliphatic rings. The lowest BCUT2D eigenvalue weighted by atomic mass is 10.2. The minimum absolute atomic E-state index is 0.542. The molecule has 4 nitrogen and oxygen atoms in total. The van der Waals surface area contributed by atoms with Crippen molar-refractivity contribution in [3.8, 4) is 0 Å². The Kier molecular flexibility index (Phi) is 2.49. The molecule has 0 bridgehead atoms. The van der Waals surface area contributed by atoms with Gasteiger partial charge in [0.1, 0.15) is 6.33 Å². The monoisotopic (exact) mass is 200 g/mol. The standard InChI is InChI=1S/C11H12N4/c1-8-4-2-3-5-10(8)15-11-9(12)6-13-7-14-11/h2-7H,12H2,1H3,(H,13,14,15). The summed E-state index contributed by atoms with van der Waals surface area (Å²) >= 11 is 0. The van der Waals surface area contributed by atoms with E-state index in [4.69, 9.17) is 5.73 Å². The number of hydrogen-bond acceptors (Lipinski definition) is 4. The molecule has 0 aliphatic carbocycles. The second kappa shape index (κ2) is 3.96. The quantitative estimate of drug-likeness (QED) is 0.779. The Bertz CT molecular complexity index is 424. The third kappa shape index (κ3) is 2.04. The van der Waals surface area contributed by atoms with E-state index in [9.17, 15) is 0 Å². The molecule has 0 spiro atoms. The van der Waals surface area contributed by atoms with E-state index < -0.39 is 0 Å². The van der Waals surface area contributed by atoms with Gasteiger partial charge >= 0.3 is 0 Å². The molecule has 76 valence electrons. The first-order chi connectivity index (χ1) is 7.27. The van der Waals surface area contributed by atoms with E-state index in [1.165, 1.54) is 6.33 Å². The molecular formula is C11H12N4. The molecule has 0 fully saturated rings. The molecule has 2 aromatic rings. The fraction of sp³-hybridized carbons (Fsp3) is 0.0909. The first kappa shape index (κ1) is 9.45. The van der Waals surface area contributed by atoms with Crippen molar-refractivity contribution in [3.05, 3.63) is 42.4 Å². The van der Waals surface area contributed by atoms with E-state index in [0.29, 0.717) is 11.5 Å². The normalized spacial score (nSPS) is 9.93. The third-order valence-electron chi connectivity index (χ3n) is 2.14. The smallest absolute Gasteiger partial charge is 0.157 e. The van der Waals surface area contributed by atoms with Crippen LogP contribution in [0.3, 0.4) is 0 Å². The molecule has 0 aliphatic heterocycles. The first-order valence-electron chi connectivity index (χ1n) is 4.65. The van der Waals surface area contributed by atoms with Gasteiger partial charge in [0.05, 0.1) is 11.9 Å². The molecule has 1 aromatic heterocycles. The number of hydrogen-bond donors (Lipinski definition) is 2. The van der Waals surface area contributed by atoms with Gasteiger partial charge in [-0.2, -0.15) is 0 Å². The van der Waals surface area contributed by atoms with Gasteiger partial charge in [-0.25, -0.2) is 9.97 Å². The molecule has 0 saturated carbocycles. The molecule has 1 aromatic carbocycles. The van der Waals surface area contributed by atoms with Gasteiger partial charge in [0.25, 0.3) is 0 Å². The van der Waals surface area contributed by atoms with Gasteiger partial charge < -0.3 is 11.1 Å². The number of nitrogens with two attached hydrogens (primary N) is 1. The Hall–Kier alpha value is -2.10. The summed E-state index contributed by atoms with van der Waals surface area (Å²) in [6, 6.07) is 7.97. The number of para-hydroxylation sites is 1. The zero-order valence-corrected chi connectivity index (χ0v) is 8.44. The van der Waals surface area contributed by atoms with Gasteiger partial charge in [-0.15, -0.1) is 0 Å². The third-order valence-corrected chi connectivity index (χ3v) is 2.14. The SMILES string of the molecule is Cc1ccccc1Nc1ncncc1N. The van der Waals surface area contributed by atoms with Crippen LogP contribution in [0.1, 0.15) is 5.56 Å². The number of aryl methyl sites for hydroxylation is 1. The fourth-order valence-corrected chi connectivity index (χ4v) is 1.29. The summed E-state index contributed by atoms with van der Waals surface area (Å²) in [5.41, 5.74) is 8.42. The van der Waals surface area contributed by atoms with Crippen molar-refractivity contribution in [2.24, 2.45) is 0 Å². The van der Waals surface area contributed by atoms with Crippen molar-refractivity contribution >= 4 is 17.2 Å². The highest BCUT2D eigenvalue weighted by Gasteiger charge is 2.01. The average molecular weight is 200 g/mol. The van der Waals surface area contributed by atoms with Gasteiger partial charge in [-0.3, -0.25) is 0 Å². The molecular weight excluding hydrogens is 188 g/mol. The van der Waals surface area contributed by atoms with Crippen LogP contribution in [-0.2, 0) is 0 Å². The Labute approximate surface area is 88.2 Å². The number of anilines is 3. The van der Waals surface area contributed by atoms with Gasteiger partial charge in [-0.1, -0.05) is 18.2 Å². The second-order valence-corrected chi connectivity index (χ2v) is 3.27. The predicted molar refractivity (Wildman–Crippen MR) is 60.9 cm³/mol. The van der Waals surface area contributed by atoms with Crippen LogP contribution in [0.5, 0.6) is 0 Å². The maximum Gasteiger partial charge on any atom is 0.157 e. The summed E-state index contributed by atoms with van der Waals surface area (Å²) in [5, 5.41) is 3.16. The summed E-state index contributed by atoms with van der Waals surface area (Å²) in [6.45, 7) is 2.03. The summed E-state index contributed by atoms with van der Waals surface area (Å²) in [6.07, 6.45) is 3.05. The maximum absolute atomic E-state index is 5.73. The highest BCUT2D eigenvalue weighted by Crippen LogP contribution is 2.21. The van der Waals surface area contributed by atoms with E-state index in [-0.39, 0.29) is 0 Å². The Morgan fingerprint density at radius 2 is 2.07 bits per heavy atom. The summed E-state index contributed by atoms with van der Waals surface area (Å²) in [7, 11) is 0. The summed E-state index contributed by atoms with van der Waals surface area (Å²) in [5.74, 6) is 0.638. The van der Waals surface area contributed by atoms with Crippen molar-refractivity contribution in [2.45, 2.75) is 6.92 Å². The van der Waals surface area contributed by atoms with E-state index in [1.807, 2.05) is 31.2 Å². The molecule has 4 heteroatoms. The van der Waals surface area contributed by atoms with Crippen LogP contribution in [-0.4, -0.2) is 9.97 Å². The van der Waals surface area contributed by atoms with Crippen molar-refractivity contribution in [1.82, 2.24) is 9.97 Å². The molecule has 15 heavy (non-hydrogen) atoms. The summed E-state index contributed by atoms with van der Waals surface area (Å²) < 4.78 is 0. The zero-order valence-electron chi connectivity index (χ0n) is 8.44. The Morgan fingerprint density at radius 1 is 1.27 bits per heavy atom. The highest BCUT2D eigenvalue weighted by atomic mass is 15.0. The Morgan fingerprint density at radius 3 is 2.80 bits per heavy atom. The van der Waals surface area contributed by atoms with Gasteiger partial charge in [0, 0.05) is 5.69 Å². The number of nitrogen functional groups attached to an aromatic ring is 1. The van der Waals surface area contributed by atoms with Gasteiger partial charge in [0.15, 0.2) is 5.82 Å². The second-order valence-electron chi connectivity index (χ2n) is 3.27. The average Bonchev–Trinajstić information content (AvgIpc) is 2.24. The molecule has 0 saturated heterocycles. The minimum atomic E-state index is 0.542. The zero-order chi connectivity index (χ0) is 10.7. The molecule has 0 unspecified atom stereocenters. The van der Waals surface area contributed by atoms with Gasteiger partial charge in [0.2, 0.25) is 0 Å². The Balaban J connectivity index is 2.30. The molecule has 3 N–H and O–H groups in total.